The summed E-state index contributed by atoms with van der Waals surface area (Å²) in [5.41, 5.74) is 0. The van der Waals surface area contributed by atoms with Crippen LogP contribution in [-0.2, 0) is 4.74 Å². The van der Waals surface area contributed by atoms with Crippen LogP contribution in [0.25, 0.3) is 0 Å². The standard InChI is InChI=1S/C26H54O/c1-7-9-11-13-15-17-19-21-25(23(3)4)27-26(24(5)6)22-20-18-16-14-12-10-8-2/h23-26H,7-22H2,1-6H3. The van der Waals surface area contributed by atoms with Gasteiger partial charge in [0, 0.05) is 0 Å². The molecule has 0 aliphatic carbocycles. The first kappa shape index (κ1) is 27.0. The second kappa shape index (κ2) is 19.3. The summed E-state index contributed by atoms with van der Waals surface area (Å²) in [6, 6.07) is 0. The third-order valence-corrected chi connectivity index (χ3v) is 6.02. The average Bonchev–Trinajstić information content (AvgIpc) is 2.63. The molecule has 0 rings (SSSR count). The maximum absolute atomic E-state index is 6.66. The Labute approximate surface area is 173 Å². The van der Waals surface area contributed by atoms with Crippen LogP contribution in [0.2, 0.25) is 0 Å². The molecule has 164 valence electrons. The van der Waals surface area contributed by atoms with E-state index >= 15 is 0 Å². The molecule has 2 unspecified atom stereocenters. The molecule has 0 aliphatic heterocycles. The molecule has 0 fully saturated rings. The van der Waals surface area contributed by atoms with Crippen LogP contribution in [0.4, 0.5) is 0 Å². The number of unbranched alkanes of at least 4 members (excludes halogenated alkanes) is 12. The number of ether oxygens (including phenoxy) is 1. The maximum atomic E-state index is 6.66. The SMILES string of the molecule is CCCCCCCCCC(OC(CCCCCCCCC)C(C)C)C(C)C. The highest BCUT2D eigenvalue weighted by Gasteiger charge is 2.21. The summed E-state index contributed by atoms with van der Waals surface area (Å²) < 4.78 is 6.66. The van der Waals surface area contributed by atoms with Gasteiger partial charge in [-0.2, -0.15) is 0 Å². The molecule has 0 saturated heterocycles. The summed E-state index contributed by atoms with van der Waals surface area (Å²) >= 11 is 0. The van der Waals surface area contributed by atoms with Crippen molar-refractivity contribution in [1.29, 1.82) is 0 Å². The molecule has 0 radical (unpaired) electrons. The van der Waals surface area contributed by atoms with E-state index in [-0.39, 0.29) is 0 Å². The summed E-state index contributed by atoms with van der Waals surface area (Å²) in [4.78, 5) is 0. The Kier molecular flexibility index (Phi) is 19.3. The van der Waals surface area contributed by atoms with Gasteiger partial charge in [0.15, 0.2) is 0 Å². The van der Waals surface area contributed by atoms with Gasteiger partial charge in [0.1, 0.15) is 0 Å². The molecule has 0 amide bonds. The van der Waals surface area contributed by atoms with Crippen LogP contribution in [0.1, 0.15) is 144 Å². The Hall–Kier alpha value is -0.0400. The number of rotatable bonds is 20. The second-order valence-electron chi connectivity index (χ2n) is 9.52. The molecule has 0 saturated carbocycles. The van der Waals surface area contributed by atoms with Crippen molar-refractivity contribution in [3.63, 3.8) is 0 Å². The monoisotopic (exact) mass is 382 g/mol. The van der Waals surface area contributed by atoms with Gasteiger partial charge in [0.05, 0.1) is 12.2 Å². The lowest BCUT2D eigenvalue weighted by atomic mass is 9.96. The molecular formula is C26H54O. The van der Waals surface area contributed by atoms with Crippen molar-refractivity contribution in [3.8, 4) is 0 Å². The van der Waals surface area contributed by atoms with Crippen LogP contribution in [0, 0.1) is 11.8 Å². The maximum Gasteiger partial charge on any atom is 0.0601 e. The second-order valence-corrected chi connectivity index (χ2v) is 9.52. The van der Waals surface area contributed by atoms with Crippen LogP contribution >= 0.6 is 0 Å². The van der Waals surface area contributed by atoms with Gasteiger partial charge in [0.2, 0.25) is 0 Å². The molecule has 27 heavy (non-hydrogen) atoms. The first-order valence-corrected chi connectivity index (χ1v) is 12.7. The highest BCUT2D eigenvalue weighted by molar-refractivity contribution is 4.70. The first-order valence-electron chi connectivity index (χ1n) is 12.7. The molecular weight excluding hydrogens is 328 g/mol. The van der Waals surface area contributed by atoms with E-state index in [2.05, 4.69) is 41.5 Å². The van der Waals surface area contributed by atoms with E-state index < -0.39 is 0 Å². The van der Waals surface area contributed by atoms with Crippen molar-refractivity contribution >= 4 is 0 Å². The lowest BCUT2D eigenvalue weighted by Gasteiger charge is -2.30. The Morgan fingerprint density at radius 1 is 0.444 bits per heavy atom. The van der Waals surface area contributed by atoms with E-state index in [9.17, 15) is 0 Å². The van der Waals surface area contributed by atoms with Crippen molar-refractivity contribution in [1.82, 2.24) is 0 Å². The highest BCUT2D eigenvalue weighted by Crippen LogP contribution is 2.24. The van der Waals surface area contributed by atoms with Gasteiger partial charge < -0.3 is 4.74 Å². The molecule has 1 heteroatoms. The van der Waals surface area contributed by atoms with E-state index in [1.54, 1.807) is 0 Å². The molecule has 0 aliphatic rings. The fraction of sp³-hybridized carbons (Fsp3) is 1.00. The van der Waals surface area contributed by atoms with Gasteiger partial charge in [-0.1, -0.05) is 131 Å². The molecule has 0 heterocycles. The van der Waals surface area contributed by atoms with E-state index in [0.29, 0.717) is 24.0 Å². The summed E-state index contributed by atoms with van der Waals surface area (Å²) in [5, 5.41) is 0. The Morgan fingerprint density at radius 2 is 0.741 bits per heavy atom. The van der Waals surface area contributed by atoms with Crippen molar-refractivity contribution in [2.45, 2.75) is 156 Å². The van der Waals surface area contributed by atoms with Crippen LogP contribution in [0.15, 0.2) is 0 Å². The zero-order valence-electron chi connectivity index (χ0n) is 20.0. The van der Waals surface area contributed by atoms with E-state index in [0.717, 1.165) is 0 Å². The molecule has 2 atom stereocenters. The Bertz CT molecular complexity index is 256. The zero-order valence-corrected chi connectivity index (χ0v) is 20.0. The van der Waals surface area contributed by atoms with Crippen LogP contribution in [0.3, 0.4) is 0 Å². The predicted molar refractivity (Wildman–Crippen MR) is 124 cm³/mol. The molecule has 0 aromatic heterocycles. The minimum atomic E-state index is 0.456. The van der Waals surface area contributed by atoms with Gasteiger partial charge in [-0.15, -0.1) is 0 Å². The topological polar surface area (TPSA) is 9.23 Å². The summed E-state index contributed by atoms with van der Waals surface area (Å²) in [7, 11) is 0. The van der Waals surface area contributed by atoms with Crippen LogP contribution in [-0.4, -0.2) is 12.2 Å². The fourth-order valence-electron chi connectivity index (χ4n) is 3.95. The lowest BCUT2D eigenvalue weighted by molar-refractivity contribution is -0.0650. The van der Waals surface area contributed by atoms with E-state index in [4.69, 9.17) is 4.74 Å². The van der Waals surface area contributed by atoms with Crippen molar-refractivity contribution in [2.24, 2.45) is 11.8 Å². The molecule has 0 spiro atoms. The van der Waals surface area contributed by atoms with Crippen LogP contribution < -0.4 is 0 Å². The quantitative estimate of drug-likeness (QED) is 0.190. The minimum absolute atomic E-state index is 0.456. The summed E-state index contributed by atoms with van der Waals surface area (Å²) in [6.45, 7) is 14.0. The van der Waals surface area contributed by atoms with E-state index in [1.165, 1.54) is 103 Å². The smallest absolute Gasteiger partial charge is 0.0601 e. The zero-order chi connectivity index (χ0) is 20.3. The summed E-state index contributed by atoms with van der Waals surface area (Å²) in [6.07, 6.45) is 22.9. The average molecular weight is 383 g/mol. The van der Waals surface area contributed by atoms with Gasteiger partial charge in [0.25, 0.3) is 0 Å². The number of hydrogen-bond donors (Lipinski definition) is 0. The molecule has 0 N–H and O–H groups in total. The van der Waals surface area contributed by atoms with E-state index in [1.807, 2.05) is 0 Å². The lowest BCUT2D eigenvalue weighted by Crippen LogP contribution is -2.30. The molecule has 0 aromatic carbocycles. The molecule has 0 bridgehead atoms. The first-order chi connectivity index (χ1) is 13.0. The Balaban J connectivity index is 4.04. The van der Waals surface area contributed by atoms with Gasteiger partial charge in [-0.05, 0) is 24.7 Å². The largest absolute Gasteiger partial charge is 0.374 e. The molecule has 1 nitrogen and oxygen atoms in total. The Morgan fingerprint density at radius 3 is 1.04 bits per heavy atom. The fourth-order valence-corrected chi connectivity index (χ4v) is 3.95. The van der Waals surface area contributed by atoms with Crippen molar-refractivity contribution < 1.29 is 4.74 Å². The highest BCUT2D eigenvalue weighted by atomic mass is 16.5. The summed E-state index contributed by atoms with van der Waals surface area (Å²) in [5.74, 6) is 1.28. The number of hydrogen-bond acceptors (Lipinski definition) is 1. The van der Waals surface area contributed by atoms with Crippen molar-refractivity contribution in [2.75, 3.05) is 0 Å². The minimum Gasteiger partial charge on any atom is -0.374 e. The normalized spacial score (nSPS) is 14.2. The van der Waals surface area contributed by atoms with Gasteiger partial charge in [-0.25, -0.2) is 0 Å². The molecule has 0 aromatic rings. The van der Waals surface area contributed by atoms with Crippen molar-refractivity contribution in [3.05, 3.63) is 0 Å². The predicted octanol–water partition coefficient (Wildman–Crippen LogP) is 9.33. The third-order valence-electron chi connectivity index (χ3n) is 6.02. The van der Waals surface area contributed by atoms with Gasteiger partial charge >= 0.3 is 0 Å². The van der Waals surface area contributed by atoms with Gasteiger partial charge in [-0.3, -0.25) is 0 Å². The third kappa shape index (κ3) is 16.6. The van der Waals surface area contributed by atoms with Crippen LogP contribution in [0.5, 0.6) is 0 Å².